The maximum Gasteiger partial charge on any atom is 0.163 e. The monoisotopic (exact) mass is 233 g/mol. The third-order valence-corrected chi connectivity index (χ3v) is 3.20. The van der Waals surface area contributed by atoms with E-state index in [1.807, 2.05) is 14.0 Å². The van der Waals surface area contributed by atoms with E-state index >= 15 is 0 Å². The van der Waals surface area contributed by atoms with Crippen LogP contribution < -0.4 is 4.90 Å². The molecule has 3 rings (SSSR count). The minimum atomic E-state index is 0.247. The van der Waals surface area contributed by atoms with Gasteiger partial charge in [-0.25, -0.2) is 9.97 Å². The van der Waals surface area contributed by atoms with Crippen LogP contribution in [0.3, 0.4) is 0 Å². The highest BCUT2D eigenvalue weighted by Gasteiger charge is 2.29. The van der Waals surface area contributed by atoms with Gasteiger partial charge in [-0.2, -0.15) is 5.10 Å². The fraction of sp³-hybridized carbons (Fsp3) is 0.545. The van der Waals surface area contributed by atoms with Gasteiger partial charge >= 0.3 is 0 Å². The molecule has 0 aromatic carbocycles. The molecule has 17 heavy (non-hydrogen) atoms. The number of nitrogens with zero attached hydrogens (tertiary/aromatic N) is 5. The number of aryl methyl sites for hydroxylation is 2. The van der Waals surface area contributed by atoms with E-state index in [9.17, 15) is 0 Å². The lowest BCUT2D eigenvalue weighted by Gasteiger charge is -2.39. The van der Waals surface area contributed by atoms with Crippen molar-refractivity contribution in [1.29, 1.82) is 0 Å². The highest BCUT2D eigenvalue weighted by Crippen LogP contribution is 2.28. The van der Waals surface area contributed by atoms with Crippen LogP contribution >= 0.6 is 0 Å². The van der Waals surface area contributed by atoms with Gasteiger partial charge in [-0.15, -0.1) is 0 Å². The Balaban J connectivity index is 2.04. The van der Waals surface area contributed by atoms with E-state index in [4.69, 9.17) is 5.11 Å². The van der Waals surface area contributed by atoms with Crippen LogP contribution in [0.2, 0.25) is 0 Å². The Kier molecular flexibility index (Phi) is 2.25. The van der Waals surface area contributed by atoms with Crippen LogP contribution in [-0.2, 0) is 7.05 Å². The molecule has 0 radical (unpaired) electrons. The molecule has 0 bridgehead atoms. The molecule has 0 saturated carbocycles. The summed E-state index contributed by atoms with van der Waals surface area (Å²) in [6.45, 7) is 3.85. The van der Waals surface area contributed by atoms with Gasteiger partial charge in [0, 0.05) is 32.7 Å². The fourth-order valence-corrected chi connectivity index (χ4v) is 2.21. The molecule has 1 aliphatic heterocycles. The molecule has 2 aromatic rings. The van der Waals surface area contributed by atoms with Crippen molar-refractivity contribution in [3.63, 3.8) is 0 Å². The number of aliphatic hydroxyl groups excluding tert-OH is 1. The number of anilines is 1. The Morgan fingerprint density at radius 2 is 2.18 bits per heavy atom. The zero-order valence-corrected chi connectivity index (χ0v) is 9.96. The van der Waals surface area contributed by atoms with E-state index < -0.39 is 0 Å². The van der Waals surface area contributed by atoms with Crippen LogP contribution in [0.5, 0.6) is 0 Å². The Morgan fingerprint density at radius 3 is 2.88 bits per heavy atom. The van der Waals surface area contributed by atoms with E-state index in [-0.39, 0.29) is 6.61 Å². The van der Waals surface area contributed by atoms with Crippen LogP contribution in [0, 0.1) is 12.8 Å². The lowest BCUT2D eigenvalue weighted by atomic mass is 10.0. The zero-order chi connectivity index (χ0) is 12.0. The van der Waals surface area contributed by atoms with Crippen molar-refractivity contribution in [3.05, 3.63) is 12.0 Å². The minimum Gasteiger partial charge on any atom is -0.396 e. The van der Waals surface area contributed by atoms with Crippen LogP contribution in [0.25, 0.3) is 11.0 Å². The van der Waals surface area contributed by atoms with Crippen molar-refractivity contribution in [2.24, 2.45) is 13.0 Å². The van der Waals surface area contributed by atoms with E-state index in [1.165, 1.54) is 0 Å². The van der Waals surface area contributed by atoms with Gasteiger partial charge in [0.15, 0.2) is 5.65 Å². The third kappa shape index (κ3) is 1.56. The molecule has 6 heteroatoms. The molecule has 0 amide bonds. The number of aromatic nitrogens is 4. The summed E-state index contributed by atoms with van der Waals surface area (Å²) in [4.78, 5) is 11.0. The molecular weight excluding hydrogens is 218 g/mol. The van der Waals surface area contributed by atoms with Gasteiger partial charge in [0.2, 0.25) is 0 Å². The molecule has 1 saturated heterocycles. The second kappa shape index (κ2) is 3.66. The molecule has 1 aliphatic rings. The summed E-state index contributed by atoms with van der Waals surface area (Å²) in [6.07, 6.45) is 1.80. The average Bonchev–Trinajstić information content (AvgIpc) is 2.59. The quantitative estimate of drug-likeness (QED) is 0.797. The van der Waals surface area contributed by atoms with Crippen LogP contribution in [0.4, 0.5) is 5.82 Å². The molecule has 90 valence electrons. The predicted octanol–water partition coefficient (Wildman–Crippen LogP) is 0.100. The van der Waals surface area contributed by atoms with Gasteiger partial charge in [-0.05, 0) is 6.92 Å². The van der Waals surface area contributed by atoms with Gasteiger partial charge in [0.05, 0.1) is 11.6 Å². The maximum absolute atomic E-state index is 9.05. The lowest BCUT2D eigenvalue weighted by molar-refractivity contribution is 0.200. The number of aliphatic hydroxyl groups is 1. The number of hydrogen-bond donors (Lipinski definition) is 1. The maximum atomic E-state index is 9.05. The largest absolute Gasteiger partial charge is 0.396 e. The molecular formula is C11H15N5O. The first kappa shape index (κ1) is 10.5. The third-order valence-electron chi connectivity index (χ3n) is 3.20. The molecule has 0 aliphatic carbocycles. The number of fused-ring (bicyclic) bond motifs is 1. The molecule has 1 N–H and O–H groups in total. The van der Waals surface area contributed by atoms with Crippen LogP contribution in [0.15, 0.2) is 6.20 Å². The number of hydrogen-bond acceptors (Lipinski definition) is 5. The highest BCUT2D eigenvalue weighted by molar-refractivity contribution is 5.87. The molecule has 0 unspecified atom stereocenters. The molecule has 2 aromatic heterocycles. The zero-order valence-electron chi connectivity index (χ0n) is 9.96. The Labute approximate surface area is 98.9 Å². The second-order valence-electron chi connectivity index (χ2n) is 4.55. The summed E-state index contributed by atoms with van der Waals surface area (Å²) >= 11 is 0. The molecule has 3 heterocycles. The van der Waals surface area contributed by atoms with Gasteiger partial charge in [-0.1, -0.05) is 0 Å². The van der Waals surface area contributed by atoms with E-state index in [1.54, 1.807) is 10.9 Å². The smallest absolute Gasteiger partial charge is 0.163 e. The van der Waals surface area contributed by atoms with Crippen molar-refractivity contribution >= 4 is 16.9 Å². The van der Waals surface area contributed by atoms with E-state index in [0.717, 1.165) is 35.8 Å². The highest BCUT2D eigenvalue weighted by atomic mass is 16.3. The van der Waals surface area contributed by atoms with Crippen LogP contribution in [0.1, 0.15) is 5.82 Å². The van der Waals surface area contributed by atoms with Crippen molar-refractivity contribution in [3.8, 4) is 0 Å². The minimum absolute atomic E-state index is 0.247. The SMILES string of the molecule is Cc1nc(N2CC(CO)C2)c2cnn(C)c2n1. The summed E-state index contributed by atoms with van der Waals surface area (Å²) in [7, 11) is 1.88. The first-order valence-electron chi connectivity index (χ1n) is 5.71. The van der Waals surface area contributed by atoms with Gasteiger partial charge < -0.3 is 10.0 Å². The molecule has 6 nitrogen and oxygen atoms in total. The standard InChI is InChI=1S/C11H15N5O/c1-7-13-10-9(3-12-15(10)2)11(14-7)16-4-8(5-16)6-17/h3,8,17H,4-6H2,1-2H3. The summed E-state index contributed by atoms with van der Waals surface area (Å²) in [5.41, 5.74) is 0.861. The van der Waals surface area contributed by atoms with E-state index in [0.29, 0.717) is 5.92 Å². The summed E-state index contributed by atoms with van der Waals surface area (Å²) in [6, 6.07) is 0. The van der Waals surface area contributed by atoms with E-state index in [2.05, 4.69) is 20.0 Å². The average molecular weight is 233 g/mol. The first-order valence-corrected chi connectivity index (χ1v) is 5.71. The number of rotatable bonds is 2. The first-order chi connectivity index (χ1) is 8.19. The van der Waals surface area contributed by atoms with Crippen molar-refractivity contribution in [1.82, 2.24) is 19.7 Å². The Hall–Kier alpha value is -1.69. The summed E-state index contributed by atoms with van der Waals surface area (Å²) in [5.74, 6) is 2.06. The topological polar surface area (TPSA) is 67.1 Å². The molecule has 0 atom stereocenters. The van der Waals surface area contributed by atoms with Crippen molar-refractivity contribution in [2.45, 2.75) is 6.92 Å². The Bertz CT molecular complexity index is 558. The Morgan fingerprint density at radius 1 is 1.41 bits per heavy atom. The lowest BCUT2D eigenvalue weighted by Crippen LogP contribution is -2.49. The second-order valence-corrected chi connectivity index (χ2v) is 4.55. The fourth-order valence-electron chi connectivity index (χ4n) is 2.21. The van der Waals surface area contributed by atoms with Crippen LogP contribution in [-0.4, -0.2) is 44.6 Å². The van der Waals surface area contributed by atoms with Gasteiger partial charge in [0.1, 0.15) is 11.6 Å². The normalized spacial score (nSPS) is 16.5. The van der Waals surface area contributed by atoms with Crippen molar-refractivity contribution < 1.29 is 5.11 Å². The molecule has 1 fully saturated rings. The van der Waals surface area contributed by atoms with Crippen molar-refractivity contribution in [2.75, 3.05) is 24.6 Å². The van der Waals surface area contributed by atoms with Gasteiger partial charge in [0.25, 0.3) is 0 Å². The predicted molar refractivity (Wildman–Crippen MR) is 63.8 cm³/mol. The summed E-state index contributed by atoms with van der Waals surface area (Å²) < 4.78 is 1.76. The van der Waals surface area contributed by atoms with Gasteiger partial charge in [-0.3, -0.25) is 4.68 Å². The summed E-state index contributed by atoms with van der Waals surface area (Å²) in [5, 5.41) is 14.2. The molecule has 0 spiro atoms.